The van der Waals surface area contributed by atoms with Crippen molar-refractivity contribution < 1.29 is 10.0 Å². The maximum atomic E-state index is 8.44. The second kappa shape index (κ2) is 4.11. The van der Waals surface area contributed by atoms with Crippen LogP contribution in [-0.2, 0) is 0 Å². The predicted octanol–water partition coefficient (Wildman–Crippen LogP) is -1.25. The van der Waals surface area contributed by atoms with Crippen LogP contribution in [-0.4, -0.2) is 30.4 Å². The molecule has 0 spiro atoms. The van der Waals surface area contributed by atoms with Gasteiger partial charge in [0.1, 0.15) is 0 Å². The molecule has 0 aliphatic carbocycles. The normalized spacial score (nSPS) is 10.8. The standard InChI is InChI=1S/C4H9BN2O2/c1-7-3-4(2-6)5(8)9/h2-3,6-9H,1H3/b4-3+,6-2?. The molecule has 0 aromatic heterocycles. The minimum atomic E-state index is -1.56. The first kappa shape index (κ1) is 8.19. The van der Waals surface area contributed by atoms with E-state index >= 15 is 0 Å². The highest BCUT2D eigenvalue weighted by molar-refractivity contribution is 6.56. The Morgan fingerprint density at radius 1 is 1.67 bits per heavy atom. The molecule has 0 bridgehead atoms. The van der Waals surface area contributed by atoms with E-state index in [4.69, 9.17) is 15.5 Å². The topological polar surface area (TPSA) is 76.3 Å². The molecular formula is C4H9BN2O2. The number of nitrogens with one attached hydrogen (secondary N) is 2. The Bertz CT molecular complexity index is 124. The summed E-state index contributed by atoms with van der Waals surface area (Å²) in [4.78, 5) is 0. The van der Waals surface area contributed by atoms with Gasteiger partial charge in [0.15, 0.2) is 0 Å². The van der Waals surface area contributed by atoms with Gasteiger partial charge in [-0.2, -0.15) is 0 Å². The Morgan fingerprint density at radius 3 is 2.33 bits per heavy atom. The summed E-state index contributed by atoms with van der Waals surface area (Å²) in [6.45, 7) is 0. The average Bonchev–Trinajstić information content (AvgIpc) is 1.82. The monoisotopic (exact) mass is 128 g/mol. The summed E-state index contributed by atoms with van der Waals surface area (Å²) in [5.74, 6) is 0. The molecule has 0 rings (SSSR count). The van der Waals surface area contributed by atoms with Gasteiger partial charge in [-0.15, -0.1) is 0 Å². The van der Waals surface area contributed by atoms with E-state index in [2.05, 4.69) is 5.32 Å². The molecule has 0 amide bonds. The predicted molar refractivity (Wildman–Crippen MR) is 36.1 cm³/mol. The lowest BCUT2D eigenvalue weighted by Crippen LogP contribution is -2.18. The lowest BCUT2D eigenvalue weighted by Gasteiger charge is -1.96. The van der Waals surface area contributed by atoms with Crippen LogP contribution in [0.3, 0.4) is 0 Å². The van der Waals surface area contributed by atoms with Crippen LogP contribution in [0.1, 0.15) is 0 Å². The van der Waals surface area contributed by atoms with Gasteiger partial charge in [0.25, 0.3) is 0 Å². The molecule has 0 aliphatic heterocycles. The summed E-state index contributed by atoms with van der Waals surface area (Å²) in [6, 6.07) is 0. The minimum absolute atomic E-state index is 0.137. The number of allylic oxidation sites excluding steroid dienone is 1. The number of hydrogen-bond donors (Lipinski definition) is 4. The van der Waals surface area contributed by atoms with Gasteiger partial charge < -0.3 is 20.8 Å². The van der Waals surface area contributed by atoms with E-state index in [-0.39, 0.29) is 5.47 Å². The summed E-state index contributed by atoms with van der Waals surface area (Å²) in [6.07, 6.45) is 2.22. The lowest BCUT2D eigenvalue weighted by atomic mass is 9.81. The van der Waals surface area contributed by atoms with Gasteiger partial charge in [0, 0.05) is 18.7 Å². The molecule has 0 atom stereocenters. The van der Waals surface area contributed by atoms with Crippen molar-refractivity contribution in [2.75, 3.05) is 7.05 Å². The van der Waals surface area contributed by atoms with E-state index in [0.29, 0.717) is 0 Å². The molecule has 4 nitrogen and oxygen atoms in total. The van der Waals surface area contributed by atoms with Crippen LogP contribution in [0.5, 0.6) is 0 Å². The first-order valence-electron chi connectivity index (χ1n) is 2.46. The van der Waals surface area contributed by atoms with Crippen molar-refractivity contribution >= 4 is 13.3 Å². The van der Waals surface area contributed by atoms with Crippen molar-refractivity contribution in [3.63, 3.8) is 0 Å². The quantitative estimate of drug-likeness (QED) is 0.283. The van der Waals surface area contributed by atoms with Crippen LogP contribution in [0.4, 0.5) is 0 Å². The second-order valence-electron chi connectivity index (χ2n) is 1.45. The largest absolute Gasteiger partial charge is 0.491 e. The summed E-state index contributed by atoms with van der Waals surface area (Å²) in [5, 5.41) is 26.1. The molecule has 0 heterocycles. The van der Waals surface area contributed by atoms with Crippen LogP contribution in [0.25, 0.3) is 0 Å². The van der Waals surface area contributed by atoms with Crippen molar-refractivity contribution in [2.24, 2.45) is 0 Å². The van der Waals surface area contributed by atoms with Gasteiger partial charge in [-0.1, -0.05) is 0 Å². The fourth-order valence-electron chi connectivity index (χ4n) is 0.357. The van der Waals surface area contributed by atoms with E-state index < -0.39 is 7.12 Å². The summed E-state index contributed by atoms with van der Waals surface area (Å²) >= 11 is 0. The van der Waals surface area contributed by atoms with Crippen LogP contribution in [0.15, 0.2) is 11.7 Å². The molecule has 0 aromatic rings. The molecule has 0 saturated carbocycles. The fourth-order valence-corrected chi connectivity index (χ4v) is 0.357. The van der Waals surface area contributed by atoms with Gasteiger partial charge in [-0.3, -0.25) is 0 Å². The first-order valence-corrected chi connectivity index (χ1v) is 2.46. The van der Waals surface area contributed by atoms with Crippen molar-refractivity contribution in [1.29, 1.82) is 5.41 Å². The molecule has 0 unspecified atom stereocenters. The molecule has 50 valence electrons. The zero-order chi connectivity index (χ0) is 7.28. The molecule has 9 heavy (non-hydrogen) atoms. The van der Waals surface area contributed by atoms with E-state index in [1.54, 1.807) is 7.05 Å². The van der Waals surface area contributed by atoms with Crippen LogP contribution >= 0.6 is 0 Å². The minimum Gasteiger partial charge on any atom is -0.423 e. The van der Waals surface area contributed by atoms with Crippen LogP contribution in [0.2, 0.25) is 0 Å². The Balaban J connectivity index is 3.97. The van der Waals surface area contributed by atoms with Crippen molar-refractivity contribution in [1.82, 2.24) is 5.32 Å². The third-order valence-electron chi connectivity index (χ3n) is 0.776. The third-order valence-corrected chi connectivity index (χ3v) is 0.776. The van der Waals surface area contributed by atoms with E-state index in [1.807, 2.05) is 0 Å². The van der Waals surface area contributed by atoms with Crippen molar-refractivity contribution in [3.05, 3.63) is 11.7 Å². The molecule has 4 N–H and O–H groups in total. The Hall–Kier alpha value is -0.805. The smallest absolute Gasteiger partial charge is 0.423 e. The third kappa shape index (κ3) is 2.89. The Morgan fingerprint density at radius 2 is 2.22 bits per heavy atom. The summed E-state index contributed by atoms with van der Waals surface area (Å²) < 4.78 is 0. The molecule has 0 aliphatic rings. The highest BCUT2D eigenvalue weighted by Crippen LogP contribution is 1.87. The van der Waals surface area contributed by atoms with Crippen LogP contribution < -0.4 is 5.32 Å². The molecule has 0 aromatic carbocycles. The first-order chi connectivity index (χ1) is 4.22. The van der Waals surface area contributed by atoms with Gasteiger partial charge >= 0.3 is 7.12 Å². The number of rotatable bonds is 3. The fraction of sp³-hybridized carbons (Fsp3) is 0.250. The van der Waals surface area contributed by atoms with E-state index in [9.17, 15) is 0 Å². The summed E-state index contributed by atoms with van der Waals surface area (Å²) in [5.41, 5.74) is 0.137. The van der Waals surface area contributed by atoms with E-state index in [1.165, 1.54) is 6.20 Å². The zero-order valence-electron chi connectivity index (χ0n) is 5.13. The highest BCUT2D eigenvalue weighted by atomic mass is 16.4. The molecular weight excluding hydrogens is 119 g/mol. The van der Waals surface area contributed by atoms with Crippen molar-refractivity contribution in [2.45, 2.75) is 0 Å². The van der Waals surface area contributed by atoms with Crippen molar-refractivity contribution in [3.8, 4) is 0 Å². The Labute approximate surface area is 53.9 Å². The lowest BCUT2D eigenvalue weighted by molar-refractivity contribution is 0.421. The second-order valence-corrected chi connectivity index (χ2v) is 1.45. The van der Waals surface area contributed by atoms with Gasteiger partial charge in [0.2, 0.25) is 0 Å². The SMILES string of the molecule is CN/C=C(\C=N)B(O)O. The maximum Gasteiger partial charge on any atom is 0.491 e. The summed E-state index contributed by atoms with van der Waals surface area (Å²) in [7, 11) is 0.0567. The zero-order valence-corrected chi connectivity index (χ0v) is 5.13. The van der Waals surface area contributed by atoms with Crippen LogP contribution in [0, 0.1) is 5.41 Å². The van der Waals surface area contributed by atoms with Gasteiger partial charge in [-0.25, -0.2) is 0 Å². The van der Waals surface area contributed by atoms with E-state index in [0.717, 1.165) is 6.21 Å². The molecule has 0 radical (unpaired) electrons. The molecule has 0 saturated heterocycles. The molecule has 5 heteroatoms. The van der Waals surface area contributed by atoms with Gasteiger partial charge in [0.05, 0.1) is 0 Å². The maximum absolute atomic E-state index is 8.44. The van der Waals surface area contributed by atoms with Gasteiger partial charge in [-0.05, 0) is 6.20 Å². The number of hydrogen-bond acceptors (Lipinski definition) is 4. The average molecular weight is 128 g/mol. The Kier molecular flexibility index (Phi) is 3.74. The highest BCUT2D eigenvalue weighted by Gasteiger charge is 2.10. The molecule has 0 fully saturated rings.